The molecule has 0 aromatic heterocycles. The van der Waals surface area contributed by atoms with Crippen molar-refractivity contribution < 1.29 is 14.7 Å². The fourth-order valence-electron chi connectivity index (χ4n) is 2.44. The third-order valence-electron chi connectivity index (χ3n) is 4.00. The van der Waals surface area contributed by atoms with Crippen molar-refractivity contribution >= 4 is 17.7 Å². The van der Waals surface area contributed by atoms with Gasteiger partial charge >= 0.3 is 12.0 Å². The van der Waals surface area contributed by atoms with Gasteiger partial charge in [0.25, 0.3) is 0 Å². The summed E-state index contributed by atoms with van der Waals surface area (Å²) in [6.07, 6.45) is 3.01. The number of nitrogens with one attached hydrogen (secondary N) is 2. The number of urea groups is 1. The number of anilines is 1. The predicted octanol–water partition coefficient (Wildman–Crippen LogP) is 2.63. The first-order valence-corrected chi connectivity index (χ1v) is 6.93. The monoisotopic (exact) mass is 276 g/mol. The molecule has 0 unspecified atom stereocenters. The molecule has 0 bridgehead atoms. The number of amides is 2. The van der Waals surface area contributed by atoms with E-state index < -0.39 is 11.4 Å². The highest BCUT2D eigenvalue weighted by Crippen LogP contribution is 2.40. The number of carbonyl (C=O) groups is 2. The number of rotatable bonds is 5. The SMILES string of the molecule is CCc1ccccc1NC(=O)NCC1(C(=O)O)CCC1. The summed E-state index contributed by atoms with van der Waals surface area (Å²) in [5.74, 6) is -0.821. The van der Waals surface area contributed by atoms with E-state index >= 15 is 0 Å². The lowest BCUT2D eigenvalue weighted by Gasteiger charge is -2.37. The van der Waals surface area contributed by atoms with Gasteiger partial charge in [0.05, 0.1) is 5.41 Å². The molecule has 0 saturated heterocycles. The minimum Gasteiger partial charge on any atom is -0.481 e. The minimum atomic E-state index is -0.821. The average molecular weight is 276 g/mol. The van der Waals surface area contributed by atoms with Gasteiger partial charge in [-0.3, -0.25) is 4.79 Å². The Hall–Kier alpha value is -2.04. The van der Waals surface area contributed by atoms with Crippen LogP contribution in [0.2, 0.25) is 0 Å². The molecule has 1 aromatic carbocycles. The van der Waals surface area contributed by atoms with Crippen molar-refractivity contribution in [3.8, 4) is 0 Å². The first kappa shape index (κ1) is 14.4. The number of carbonyl (C=O) groups excluding carboxylic acids is 1. The van der Waals surface area contributed by atoms with Gasteiger partial charge in [-0.05, 0) is 30.9 Å². The van der Waals surface area contributed by atoms with E-state index in [0.29, 0.717) is 12.8 Å². The standard InChI is InChI=1S/C15H20N2O3/c1-2-11-6-3-4-7-12(11)17-14(20)16-10-15(13(18)19)8-5-9-15/h3-4,6-7H,2,5,8-10H2,1H3,(H,18,19)(H2,16,17,20). The number of para-hydroxylation sites is 1. The summed E-state index contributed by atoms with van der Waals surface area (Å²) in [6.45, 7) is 2.20. The Labute approximate surface area is 118 Å². The summed E-state index contributed by atoms with van der Waals surface area (Å²) in [6, 6.07) is 7.24. The molecule has 5 heteroatoms. The molecule has 0 radical (unpaired) electrons. The van der Waals surface area contributed by atoms with Crippen LogP contribution in [0, 0.1) is 5.41 Å². The molecule has 108 valence electrons. The molecule has 0 aliphatic heterocycles. The quantitative estimate of drug-likeness (QED) is 0.773. The number of aryl methyl sites for hydroxylation is 1. The third kappa shape index (κ3) is 2.92. The lowest BCUT2D eigenvalue weighted by atomic mass is 9.69. The Balaban J connectivity index is 1.91. The number of carboxylic acids is 1. The predicted molar refractivity (Wildman–Crippen MR) is 76.8 cm³/mol. The molecule has 1 aromatic rings. The number of hydrogen-bond donors (Lipinski definition) is 3. The highest BCUT2D eigenvalue weighted by molar-refractivity contribution is 5.90. The summed E-state index contributed by atoms with van der Waals surface area (Å²) in [7, 11) is 0. The van der Waals surface area contributed by atoms with E-state index in [1.54, 1.807) is 0 Å². The maximum Gasteiger partial charge on any atom is 0.319 e. The van der Waals surface area contributed by atoms with Gasteiger partial charge in [-0.15, -0.1) is 0 Å². The van der Waals surface area contributed by atoms with E-state index in [1.807, 2.05) is 31.2 Å². The molecule has 3 N–H and O–H groups in total. The smallest absolute Gasteiger partial charge is 0.319 e. The first-order chi connectivity index (χ1) is 9.57. The van der Waals surface area contributed by atoms with Crippen molar-refractivity contribution in [1.82, 2.24) is 5.32 Å². The van der Waals surface area contributed by atoms with Crippen LogP contribution in [0.4, 0.5) is 10.5 Å². The van der Waals surface area contributed by atoms with E-state index in [0.717, 1.165) is 24.1 Å². The van der Waals surface area contributed by atoms with E-state index in [2.05, 4.69) is 10.6 Å². The zero-order valence-corrected chi connectivity index (χ0v) is 11.6. The van der Waals surface area contributed by atoms with Crippen molar-refractivity contribution in [3.63, 3.8) is 0 Å². The second-order valence-electron chi connectivity index (χ2n) is 5.26. The van der Waals surface area contributed by atoms with Crippen LogP contribution < -0.4 is 10.6 Å². The average Bonchev–Trinajstić information content (AvgIpc) is 2.37. The van der Waals surface area contributed by atoms with E-state index in [1.165, 1.54) is 0 Å². The lowest BCUT2D eigenvalue weighted by Crippen LogP contribution is -2.48. The molecule has 2 rings (SSSR count). The largest absolute Gasteiger partial charge is 0.481 e. The topological polar surface area (TPSA) is 78.4 Å². The molecule has 1 fully saturated rings. The van der Waals surface area contributed by atoms with Crippen LogP contribution in [0.5, 0.6) is 0 Å². The number of hydrogen-bond acceptors (Lipinski definition) is 2. The van der Waals surface area contributed by atoms with Crippen molar-refractivity contribution in [1.29, 1.82) is 0 Å². The molecule has 2 amide bonds. The maximum atomic E-state index is 11.9. The van der Waals surface area contributed by atoms with Crippen LogP contribution in [-0.4, -0.2) is 23.7 Å². The highest BCUT2D eigenvalue weighted by Gasteiger charge is 2.44. The summed E-state index contributed by atoms with van der Waals surface area (Å²) < 4.78 is 0. The number of carboxylic acid groups (broad SMARTS) is 1. The fourth-order valence-corrected chi connectivity index (χ4v) is 2.44. The molecule has 5 nitrogen and oxygen atoms in total. The Morgan fingerprint density at radius 1 is 1.30 bits per heavy atom. The van der Waals surface area contributed by atoms with Gasteiger partial charge in [0.15, 0.2) is 0 Å². The molecular formula is C15H20N2O3. The van der Waals surface area contributed by atoms with Gasteiger partial charge in [0.1, 0.15) is 0 Å². The summed E-state index contributed by atoms with van der Waals surface area (Å²) >= 11 is 0. The van der Waals surface area contributed by atoms with Crippen molar-refractivity contribution in [2.45, 2.75) is 32.6 Å². The Morgan fingerprint density at radius 2 is 2.00 bits per heavy atom. The molecule has 1 saturated carbocycles. The molecule has 0 atom stereocenters. The molecule has 1 aliphatic rings. The maximum absolute atomic E-state index is 11.9. The Bertz CT molecular complexity index is 510. The molecule has 0 spiro atoms. The lowest BCUT2D eigenvalue weighted by molar-refractivity contribution is -0.153. The Morgan fingerprint density at radius 3 is 2.55 bits per heavy atom. The van der Waals surface area contributed by atoms with Crippen molar-refractivity contribution in [2.75, 3.05) is 11.9 Å². The number of aliphatic carboxylic acids is 1. The zero-order chi connectivity index (χ0) is 14.6. The molecular weight excluding hydrogens is 256 g/mol. The third-order valence-corrected chi connectivity index (χ3v) is 4.00. The van der Waals surface area contributed by atoms with Gasteiger partial charge in [0.2, 0.25) is 0 Å². The van der Waals surface area contributed by atoms with E-state index in [4.69, 9.17) is 0 Å². The van der Waals surface area contributed by atoms with Gasteiger partial charge in [-0.2, -0.15) is 0 Å². The second-order valence-corrected chi connectivity index (χ2v) is 5.26. The zero-order valence-electron chi connectivity index (χ0n) is 11.6. The van der Waals surface area contributed by atoms with Crippen LogP contribution in [0.15, 0.2) is 24.3 Å². The van der Waals surface area contributed by atoms with Crippen LogP contribution in [-0.2, 0) is 11.2 Å². The molecule has 0 heterocycles. The highest BCUT2D eigenvalue weighted by atomic mass is 16.4. The second kappa shape index (κ2) is 5.94. The summed E-state index contributed by atoms with van der Waals surface area (Å²) in [5, 5.41) is 14.7. The van der Waals surface area contributed by atoms with Crippen LogP contribution in [0.1, 0.15) is 31.7 Å². The normalized spacial score (nSPS) is 16.1. The van der Waals surface area contributed by atoms with E-state index in [9.17, 15) is 14.7 Å². The summed E-state index contributed by atoms with van der Waals surface area (Å²) in [5.41, 5.74) is 1.06. The van der Waals surface area contributed by atoms with Gasteiger partial charge in [-0.1, -0.05) is 31.5 Å². The van der Waals surface area contributed by atoms with Gasteiger partial charge in [-0.25, -0.2) is 4.79 Å². The van der Waals surface area contributed by atoms with E-state index in [-0.39, 0.29) is 12.6 Å². The molecule has 20 heavy (non-hydrogen) atoms. The number of benzene rings is 1. The van der Waals surface area contributed by atoms with Gasteiger partial charge in [0, 0.05) is 12.2 Å². The van der Waals surface area contributed by atoms with Gasteiger partial charge < -0.3 is 15.7 Å². The minimum absolute atomic E-state index is 0.183. The fraction of sp³-hybridized carbons (Fsp3) is 0.467. The first-order valence-electron chi connectivity index (χ1n) is 6.93. The van der Waals surface area contributed by atoms with Crippen molar-refractivity contribution in [3.05, 3.63) is 29.8 Å². The van der Waals surface area contributed by atoms with Crippen LogP contribution in [0.25, 0.3) is 0 Å². The molecule has 1 aliphatic carbocycles. The Kier molecular flexibility index (Phi) is 4.27. The van der Waals surface area contributed by atoms with Crippen molar-refractivity contribution in [2.24, 2.45) is 5.41 Å². The van der Waals surface area contributed by atoms with Crippen LogP contribution >= 0.6 is 0 Å². The summed E-state index contributed by atoms with van der Waals surface area (Å²) in [4.78, 5) is 23.1. The van der Waals surface area contributed by atoms with Crippen LogP contribution in [0.3, 0.4) is 0 Å².